The Morgan fingerprint density at radius 2 is 1.00 bits per heavy atom. The fourth-order valence-corrected chi connectivity index (χ4v) is 7.37. The first-order chi connectivity index (χ1) is 25.8. The number of pyridine rings is 1. The third-order valence-electron chi connectivity index (χ3n) is 9.82. The van der Waals surface area contributed by atoms with Gasteiger partial charge in [-0.1, -0.05) is 152 Å². The van der Waals surface area contributed by atoms with Crippen molar-refractivity contribution in [3.05, 3.63) is 188 Å². The summed E-state index contributed by atoms with van der Waals surface area (Å²) in [5.41, 5.74) is 13.2. The van der Waals surface area contributed by atoms with Gasteiger partial charge in [0.05, 0.1) is 27.6 Å². The predicted molar refractivity (Wildman–Crippen MR) is 213 cm³/mol. The third-order valence-corrected chi connectivity index (χ3v) is 9.82. The summed E-state index contributed by atoms with van der Waals surface area (Å²) in [7, 11) is 0. The van der Waals surface area contributed by atoms with E-state index in [0.717, 1.165) is 94.8 Å². The van der Waals surface area contributed by atoms with Crippen LogP contribution in [0.15, 0.2) is 192 Å². The van der Waals surface area contributed by atoms with Gasteiger partial charge in [0.1, 0.15) is 17.2 Å². The van der Waals surface area contributed by atoms with Gasteiger partial charge in [0.2, 0.25) is 0 Å². The van der Waals surface area contributed by atoms with Crippen LogP contribution in [0.5, 0.6) is 0 Å². The molecule has 0 saturated heterocycles. The van der Waals surface area contributed by atoms with Crippen molar-refractivity contribution in [2.75, 3.05) is 0 Å². The average molecular weight is 666 g/mol. The molecule has 10 rings (SSSR count). The Balaban J connectivity index is 1.14. The normalized spacial score (nSPS) is 11.5. The molecule has 7 aromatic carbocycles. The molecule has 4 heteroatoms. The molecular formula is C48H31N3O. The average Bonchev–Trinajstić information content (AvgIpc) is 3.82. The van der Waals surface area contributed by atoms with Gasteiger partial charge >= 0.3 is 0 Å². The molecule has 0 aliphatic carbocycles. The number of aromatic nitrogens is 3. The van der Waals surface area contributed by atoms with Gasteiger partial charge in [0, 0.05) is 33.3 Å². The molecule has 0 fully saturated rings. The minimum atomic E-state index is 0.836. The zero-order chi connectivity index (χ0) is 34.4. The largest absolute Gasteiger partial charge is 0.455 e. The molecule has 0 bridgehead atoms. The van der Waals surface area contributed by atoms with Crippen LogP contribution in [0.2, 0.25) is 0 Å². The summed E-state index contributed by atoms with van der Waals surface area (Å²) >= 11 is 0. The van der Waals surface area contributed by atoms with E-state index in [1.165, 1.54) is 0 Å². The maximum absolute atomic E-state index is 6.95. The third kappa shape index (κ3) is 5.00. The second-order valence-corrected chi connectivity index (χ2v) is 13.0. The smallest absolute Gasteiger partial charge is 0.147 e. The van der Waals surface area contributed by atoms with E-state index in [0.29, 0.717) is 0 Å². The lowest BCUT2D eigenvalue weighted by Gasteiger charge is -2.11. The number of fused-ring (bicyclic) bond motifs is 4. The molecule has 0 radical (unpaired) electrons. The minimum absolute atomic E-state index is 0.836. The Bertz CT molecular complexity index is 2860. The van der Waals surface area contributed by atoms with Crippen LogP contribution in [-0.4, -0.2) is 14.5 Å². The highest BCUT2D eigenvalue weighted by Gasteiger charge is 2.24. The van der Waals surface area contributed by atoms with E-state index < -0.39 is 0 Å². The van der Waals surface area contributed by atoms with Gasteiger partial charge in [-0.15, -0.1) is 0 Å². The van der Waals surface area contributed by atoms with Crippen LogP contribution in [-0.2, 0) is 0 Å². The highest BCUT2D eigenvalue weighted by molar-refractivity contribution is 6.17. The highest BCUT2D eigenvalue weighted by Crippen LogP contribution is 2.47. The molecule has 4 nitrogen and oxygen atoms in total. The Morgan fingerprint density at radius 1 is 0.423 bits per heavy atom. The standard InChI is InChI=1S/C48H31N3O/c1-5-15-33(16-6-1)43-44-45(34-17-7-2-8-18-34)49-41-31-37(29-30-39(41)47(44)52-46(43)35-19-9-3-10-20-35)32-25-27-36(28-26-32)48-50-40-23-13-14-24-42(40)51(48)38-21-11-4-12-22-38/h1-31H. The number of para-hydroxylation sites is 3. The molecule has 52 heavy (non-hydrogen) atoms. The second-order valence-electron chi connectivity index (χ2n) is 13.0. The van der Waals surface area contributed by atoms with Crippen molar-refractivity contribution in [2.45, 2.75) is 0 Å². The van der Waals surface area contributed by atoms with E-state index in [1.54, 1.807) is 0 Å². The summed E-state index contributed by atoms with van der Waals surface area (Å²) in [5.74, 6) is 1.75. The Kier molecular flexibility index (Phi) is 7.10. The fraction of sp³-hybridized carbons (Fsp3) is 0. The molecule has 244 valence electrons. The number of furan rings is 1. The molecule has 0 spiro atoms. The van der Waals surface area contributed by atoms with Crippen molar-refractivity contribution >= 4 is 32.9 Å². The van der Waals surface area contributed by atoms with Gasteiger partial charge in [-0.2, -0.15) is 0 Å². The van der Waals surface area contributed by atoms with Gasteiger partial charge < -0.3 is 4.42 Å². The molecule has 3 aromatic heterocycles. The lowest BCUT2D eigenvalue weighted by molar-refractivity contribution is 0.636. The molecule has 0 aliphatic heterocycles. The zero-order valence-corrected chi connectivity index (χ0v) is 28.1. The number of rotatable bonds is 6. The zero-order valence-electron chi connectivity index (χ0n) is 28.1. The predicted octanol–water partition coefficient (Wildman–Crippen LogP) is 12.7. The summed E-state index contributed by atoms with van der Waals surface area (Å²) in [6.07, 6.45) is 0. The molecule has 0 amide bonds. The van der Waals surface area contributed by atoms with Crippen LogP contribution in [0.3, 0.4) is 0 Å². The molecule has 3 heterocycles. The van der Waals surface area contributed by atoms with Crippen LogP contribution in [0.1, 0.15) is 0 Å². The fourth-order valence-electron chi connectivity index (χ4n) is 7.37. The molecule has 10 aromatic rings. The van der Waals surface area contributed by atoms with E-state index >= 15 is 0 Å². The maximum atomic E-state index is 6.95. The van der Waals surface area contributed by atoms with Crippen molar-refractivity contribution in [1.29, 1.82) is 0 Å². The first kappa shape index (κ1) is 29.8. The monoisotopic (exact) mass is 665 g/mol. The first-order valence-corrected chi connectivity index (χ1v) is 17.5. The summed E-state index contributed by atoms with van der Waals surface area (Å²) in [6, 6.07) is 65.2. The number of imidazole rings is 1. The highest BCUT2D eigenvalue weighted by atomic mass is 16.3. The van der Waals surface area contributed by atoms with Gasteiger partial charge in [-0.25, -0.2) is 9.97 Å². The minimum Gasteiger partial charge on any atom is -0.455 e. The van der Waals surface area contributed by atoms with Gasteiger partial charge in [0.25, 0.3) is 0 Å². The number of hydrogen-bond acceptors (Lipinski definition) is 3. The van der Waals surface area contributed by atoms with Crippen molar-refractivity contribution in [3.63, 3.8) is 0 Å². The van der Waals surface area contributed by atoms with E-state index in [-0.39, 0.29) is 0 Å². The summed E-state index contributed by atoms with van der Waals surface area (Å²) < 4.78 is 9.18. The topological polar surface area (TPSA) is 43.9 Å². The van der Waals surface area contributed by atoms with Crippen molar-refractivity contribution in [2.24, 2.45) is 0 Å². The van der Waals surface area contributed by atoms with Gasteiger partial charge in [-0.05, 0) is 53.1 Å². The Labute approximate surface area is 300 Å². The maximum Gasteiger partial charge on any atom is 0.147 e. The van der Waals surface area contributed by atoms with Crippen LogP contribution in [0, 0.1) is 0 Å². The van der Waals surface area contributed by atoms with E-state index in [2.05, 4.69) is 162 Å². The van der Waals surface area contributed by atoms with Crippen molar-refractivity contribution < 1.29 is 4.42 Å². The van der Waals surface area contributed by atoms with Crippen LogP contribution in [0.4, 0.5) is 0 Å². The van der Waals surface area contributed by atoms with Crippen LogP contribution >= 0.6 is 0 Å². The van der Waals surface area contributed by atoms with Crippen molar-refractivity contribution in [1.82, 2.24) is 14.5 Å². The quantitative estimate of drug-likeness (QED) is 0.178. The Morgan fingerprint density at radius 3 is 1.71 bits per heavy atom. The molecule has 0 N–H and O–H groups in total. The van der Waals surface area contributed by atoms with E-state index in [4.69, 9.17) is 14.4 Å². The van der Waals surface area contributed by atoms with Crippen molar-refractivity contribution in [3.8, 4) is 61.9 Å². The molecule has 0 atom stereocenters. The molecule has 0 aliphatic rings. The summed E-state index contributed by atoms with van der Waals surface area (Å²) in [5, 5.41) is 1.99. The Hall–Kier alpha value is -7.04. The lowest BCUT2D eigenvalue weighted by Crippen LogP contribution is -1.97. The number of nitrogens with zero attached hydrogens (tertiary/aromatic N) is 3. The van der Waals surface area contributed by atoms with Crippen LogP contribution in [0.25, 0.3) is 94.8 Å². The van der Waals surface area contributed by atoms with E-state index in [1.807, 2.05) is 30.3 Å². The summed E-state index contributed by atoms with van der Waals surface area (Å²) in [6.45, 7) is 0. The number of benzene rings is 7. The second kappa shape index (κ2) is 12.4. The lowest BCUT2D eigenvalue weighted by atomic mass is 9.94. The van der Waals surface area contributed by atoms with Crippen LogP contribution < -0.4 is 0 Å². The molecule has 0 saturated carbocycles. The SMILES string of the molecule is c1ccc(-c2oc3c(c(-c4ccccc4)nc4cc(-c5ccc(-c6nc7ccccc7n6-c6ccccc6)cc5)ccc43)c2-c2ccccc2)cc1. The number of hydrogen-bond donors (Lipinski definition) is 0. The van der Waals surface area contributed by atoms with E-state index in [9.17, 15) is 0 Å². The van der Waals surface area contributed by atoms with Gasteiger partial charge in [0.15, 0.2) is 0 Å². The summed E-state index contributed by atoms with van der Waals surface area (Å²) in [4.78, 5) is 10.5. The molecular weight excluding hydrogens is 635 g/mol. The first-order valence-electron chi connectivity index (χ1n) is 17.5. The molecule has 0 unspecified atom stereocenters. The van der Waals surface area contributed by atoms with Gasteiger partial charge in [-0.3, -0.25) is 4.57 Å².